The van der Waals surface area contributed by atoms with Crippen LogP contribution in [0.5, 0.6) is 0 Å². The first-order chi connectivity index (χ1) is 23.1. The summed E-state index contributed by atoms with van der Waals surface area (Å²) in [5.74, 6) is 0. The van der Waals surface area contributed by atoms with Crippen molar-refractivity contribution in [3.8, 4) is 0 Å². The van der Waals surface area contributed by atoms with Crippen molar-refractivity contribution >= 4 is 18.5 Å². The summed E-state index contributed by atoms with van der Waals surface area (Å²) in [4.78, 5) is 0. The molecule has 0 aromatic heterocycles. The number of unbranched alkanes of at least 4 members (excludes halogenated alkanes) is 26. The van der Waals surface area contributed by atoms with Crippen molar-refractivity contribution < 1.29 is 0 Å². The van der Waals surface area contributed by atoms with Crippen molar-refractivity contribution in [3.05, 3.63) is 0 Å². The van der Waals surface area contributed by atoms with E-state index in [1.807, 2.05) is 0 Å². The van der Waals surface area contributed by atoms with Gasteiger partial charge in [-0.15, -0.1) is 18.5 Å². The average molecular weight is 713 g/mol. The summed E-state index contributed by atoms with van der Waals surface area (Å²) in [6.07, 6.45) is 49.0. The van der Waals surface area contributed by atoms with Gasteiger partial charge in [-0.2, -0.15) is 0 Å². The Morgan fingerprint density at radius 2 is 0.479 bits per heavy atom. The van der Waals surface area contributed by atoms with Crippen LogP contribution in [0.4, 0.5) is 0 Å². The molecular formula is C46H98P2. The van der Waals surface area contributed by atoms with E-state index in [-0.39, 0.29) is 0 Å². The van der Waals surface area contributed by atoms with Gasteiger partial charge < -0.3 is 0 Å². The topological polar surface area (TPSA) is 0 Å². The predicted octanol–water partition coefficient (Wildman–Crippen LogP) is 17.9. The molecule has 0 bridgehead atoms. The molecule has 0 heterocycles. The summed E-state index contributed by atoms with van der Waals surface area (Å²) < 4.78 is 0. The smallest absolute Gasteiger partial charge is 0.0213 e. The Kier molecular flexibility index (Phi) is 39.9. The Morgan fingerprint density at radius 3 is 0.667 bits per heavy atom. The highest BCUT2D eigenvalue weighted by Gasteiger charge is 2.25. The van der Waals surface area contributed by atoms with Gasteiger partial charge in [0.05, 0.1) is 0 Å². The predicted molar refractivity (Wildman–Crippen MR) is 234 cm³/mol. The van der Waals surface area contributed by atoms with Gasteiger partial charge in [-0.25, -0.2) is 0 Å². The summed E-state index contributed by atoms with van der Waals surface area (Å²) in [6, 6.07) is 0. The molecule has 292 valence electrons. The van der Waals surface area contributed by atoms with Gasteiger partial charge in [-0.3, -0.25) is 0 Å². The molecule has 0 aliphatic rings. The van der Waals surface area contributed by atoms with E-state index < -0.39 is 0 Å². The lowest BCUT2D eigenvalue weighted by Crippen LogP contribution is -2.23. The monoisotopic (exact) mass is 713 g/mol. The Hall–Kier alpha value is 0.860. The number of hydrogen-bond donors (Lipinski definition) is 0. The third-order valence-electron chi connectivity index (χ3n) is 11.5. The van der Waals surface area contributed by atoms with E-state index in [1.54, 1.807) is 0 Å². The highest BCUT2D eigenvalue weighted by Crippen LogP contribution is 2.36. The first-order valence-corrected chi connectivity index (χ1v) is 23.9. The molecule has 0 aromatic carbocycles. The molecule has 48 heavy (non-hydrogen) atoms. The van der Waals surface area contributed by atoms with Crippen molar-refractivity contribution in [1.82, 2.24) is 0 Å². The van der Waals surface area contributed by atoms with Crippen molar-refractivity contribution in [1.29, 1.82) is 0 Å². The minimum absolute atomic E-state index is 0.509. The van der Waals surface area contributed by atoms with Crippen LogP contribution in [-0.4, -0.2) is 11.3 Å². The molecule has 2 heteroatoms. The molecule has 0 saturated heterocycles. The first-order valence-electron chi connectivity index (χ1n) is 22.6. The molecule has 0 aliphatic heterocycles. The molecule has 0 fully saturated rings. The van der Waals surface area contributed by atoms with E-state index >= 15 is 0 Å². The molecule has 0 radical (unpaired) electrons. The van der Waals surface area contributed by atoms with Crippen molar-refractivity contribution in [2.24, 2.45) is 10.8 Å². The van der Waals surface area contributed by atoms with Gasteiger partial charge in [0.15, 0.2) is 0 Å². The summed E-state index contributed by atoms with van der Waals surface area (Å²) in [7, 11) is 6.24. The van der Waals surface area contributed by atoms with Crippen molar-refractivity contribution in [2.45, 2.75) is 285 Å². The van der Waals surface area contributed by atoms with E-state index in [2.05, 4.69) is 73.9 Å². The Balaban J connectivity index is 0. The molecular weight excluding hydrogens is 614 g/mol. The van der Waals surface area contributed by atoms with Gasteiger partial charge in [-0.1, -0.05) is 248 Å². The van der Waals surface area contributed by atoms with Crippen molar-refractivity contribution in [2.75, 3.05) is 0 Å². The minimum Gasteiger partial charge on any atom is -0.134 e. The summed E-state index contributed by atoms with van der Waals surface area (Å²) in [5.41, 5.74) is 2.62. The van der Waals surface area contributed by atoms with Crippen LogP contribution >= 0.6 is 18.5 Å². The van der Waals surface area contributed by atoms with E-state index in [0.29, 0.717) is 10.8 Å². The van der Waals surface area contributed by atoms with Crippen molar-refractivity contribution in [3.63, 3.8) is 0 Å². The standard InChI is InChI=1S/C24H51P.C22H47P/c1-5-7-8-9-10-11-12-13-14-15-16-17-18-19-20-21-23(25)24(3,4)22-6-2;1-5-7-8-9-10-11-12-13-14-15-16-17-18-19-21(23)22(3,4)20-6-2/h23H,5-22,25H2,1-4H3;21H,5-20,23H2,1-4H3. The summed E-state index contributed by atoms with van der Waals surface area (Å²) >= 11 is 0. The van der Waals surface area contributed by atoms with Crippen LogP contribution in [0.25, 0.3) is 0 Å². The second-order valence-electron chi connectivity index (χ2n) is 17.5. The number of rotatable bonds is 36. The fourth-order valence-electron chi connectivity index (χ4n) is 7.56. The van der Waals surface area contributed by atoms with E-state index in [0.717, 1.165) is 11.3 Å². The average Bonchev–Trinajstić information content (AvgIpc) is 3.05. The fraction of sp³-hybridized carbons (Fsp3) is 1.00. The highest BCUT2D eigenvalue weighted by atomic mass is 31.0. The normalized spacial score (nSPS) is 13.4. The largest absolute Gasteiger partial charge is 0.134 e. The molecule has 0 N–H and O–H groups in total. The van der Waals surface area contributed by atoms with Crippen LogP contribution in [0.1, 0.15) is 274 Å². The fourth-order valence-corrected chi connectivity index (χ4v) is 8.36. The molecule has 0 spiro atoms. The lowest BCUT2D eigenvalue weighted by Gasteiger charge is -2.31. The maximum Gasteiger partial charge on any atom is -0.0213 e. The quantitative estimate of drug-likeness (QED) is 0.0448. The molecule has 0 rings (SSSR count). The van der Waals surface area contributed by atoms with Gasteiger partial charge in [0.1, 0.15) is 0 Å². The third kappa shape index (κ3) is 35.3. The zero-order valence-electron chi connectivity index (χ0n) is 35.4. The maximum absolute atomic E-state index is 3.13. The van der Waals surface area contributed by atoms with Gasteiger partial charge in [-0.05, 0) is 47.8 Å². The maximum atomic E-state index is 3.13. The lowest BCUT2D eigenvalue weighted by molar-refractivity contribution is 0.302. The second-order valence-corrected chi connectivity index (χ2v) is 19.1. The van der Waals surface area contributed by atoms with Crippen LogP contribution < -0.4 is 0 Å². The lowest BCUT2D eigenvalue weighted by atomic mass is 9.82. The molecule has 0 nitrogen and oxygen atoms in total. The minimum atomic E-state index is 0.509. The molecule has 0 aromatic rings. The molecule has 0 aliphatic carbocycles. The Labute approximate surface area is 313 Å². The Morgan fingerprint density at radius 1 is 0.292 bits per heavy atom. The van der Waals surface area contributed by atoms with Crippen LogP contribution in [0, 0.1) is 10.8 Å². The van der Waals surface area contributed by atoms with E-state index in [9.17, 15) is 0 Å². The number of hydrogen-bond acceptors (Lipinski definition) is 0. The SMILES string of the molecule is CCCCCCCCCCCCCCCC(P)C(C)(C)CCC.CCCCCCCCCCCCCCCCCC(P)C(C)(C)CCC. The van der Waals surface area contributed by atoms with Crippen LogP contribution in [0.2, 0.25) is 0 Å². The van der Waals surface area contributed by atoms with Gasteiger partial charge in [0, 0.05) is 0 Å². The molecule has 0 saturated carbocycles. The summed E-state index contributed by atoms with van der Waals surface area (Å²) in [5, 5.41) is 0. The van der Waals surface area contributed by atoms with Gasteiger partial charge in [0.25, 0.3) is 0 Å². The Bertz CT molecular complexity index is 597. The van der Waals surface area contributed by atoms with E-state index in [1.165, 1.54) is 218 Å². The van der Waals surface area contributed by atoms with Crippen LogP contribution in [-0.2, 0) is 0 Å². The van der Waals surface area contributed by atoms with Crippen LogP contribution in [0.15, 0.2) is 0 Å². The molecule has 4 atom stereocenters. The molecule has 4 unspecified atom stereocenters. The van der Waals surface area contributed by atoms with Crippen LogP contribution in [0.3, 0.4) is 0 Å². The first kappa shape index (κ1) is 51.0. The molecule has 0 amide bonds. The zero-order valence-corrected chi connectivity index (χ0v) is 37.7. The summed E-state index contributed by atoms with van der Waals surface area (Å²) in [6.45, 7) is 19.0. The van der Waals surface area contributed by atoms with Gasteiger partial charge >= 0.3 is 0 Å². The van der Waals surface area contributed by atoms with E-state index in [4.69, 9.17) is 0 Å². The second kappa shape index (κ2) is 37.6. The van der Waals surface area contributed by atoms with Gasteiger partial charge in [0.2, 0.25) is 0 Å². The zero-order chi connectivity index (χ0) is 36.2. The highest BCUT2D eigenvalue weighted by molar-refractivity contribution is 7.17. The third-order valence-corrected chi connectivity index (χ3v) is 14.0.